The van der Waals surface area contributed by atoms with Gasteiger partial charge >= 0.3 is 6.18 Å². The van der Waals surface area contributed by atoms with Crippen molar-refractivity contribution in [3.05, 3.63) is 65.2 Å². The summed E-state index contributed by atoms with van der Waals surface area (Å²) in [5.74, 6) is 0.0718. The van der Waals surface area contributed by atoms with Crippen LogP contribution in [-0.4, -0.2) is 59.0 Å². The van der Waals surface area contributed by atoms with Crippen molar-refractivity contribution < 1.29 is 18.0 Å². The Labute approximate surface area is 259 Å². The second-order valence-corrected chi connectivity index (χ2v) is 13.2. The topological polar surface area (TPSA) is 48.5 Å². The summed E-state index contributed by atoms with van der Waals surface area (Å²) in [5, 5.41) is 3.52. The number of aromatic nitrogens is 1. The molecule has 1 aromatic heterocycles. The fourth-order valence-corrected chi connectivity index (χ4v) is 7.71. The quantitative estimate of drug-likeness (QED) is 0.296. The van der Waals surface area contributed by atoms with E-state index in [2.05, 4.69) is 15.1 Å². The van der Waals surface area contributed by atoms with E-state index < -0.39 is 11.7 Å². The van der Waals surface area contributed by atoms with Crippen LogP contribution in [-0.2, 0) is 12.7 Å². The molecule has 8 heteroatoms. The maximum Gasteiger partial charge on any atom is 0.416 e. The SMILES string of the molecule is C[C@@H](NC(=O)c1c(CN2CCC(N3CCCCC3)CC2)c(-c2ccccc2)nc2ccc(C(F)(F)F)cc12)C1CCCCC1. The third-order valence-corrected chi connectivity index (χ3v) is 10.2. The summed E-state index contributed by atoms with van der Waals surface area (Å²) >= 11 is 0. The minimum Gasteiger partial charge on any atom is -0.349 e. The molecule has 2 aliphatic heterocycles. The van der Waals surface area contributed by atoms with Gasteiger partial charge in [-0.05, 0) is 95.7 Å². The molecule has 0 radical (unpaired) electrons. The molecular formula is C36H45F3N4O. The molecule has 44 heavy (non-hydrogen) atoms. The van der Waals surface area contributed by atoms with Crippen LogP contribution in [0.15, 0.2) is 48.5 Å². The Morgan fingerprint density at radius 2 is 1.59 bits per heavy atom. The predicted octanol–water partition coefficient (Wildman–Crippen LogP) is 8.07. The first-order valence-electron chi connectivity index (χ1n) is 16.6. The number of nitrogens with one attached hydrogen (secondary N) is 1. The van der Waals surface area contributed by atoms with E-state index in [0.717, 1.165) is 69.3 Å². The Balaban J connectivity index is 1.40. The number of carbonyl (C=O) groups is 1. The molecule has 1 N–H and O–H groups in total. The highest BCUT2D eigenvalue weighted by Crippen LogP contribution is 2.37. The van der Waals surface area contributed by atoms with Crippen molar-refractivity contribution in [1.82, 2.24) is 20.1 Å². The summed E-state index contributed by atoms with van der Waals surface area (Å²) < 4.78 is 41.9. The number of piperidine rings is 2. The Hall–Kier alpha value is -2.97. The third-order valence-electron chi connectivity index (χ3n) is 10.2. The normalized spacial score (nSPS) is 20.5. The lowest BCUT2D eigenvalue weighted by molar-refractivity contribution is -0.137. The summed E-state index contributed by atoms with van der Waals surface area (Å²) in [4.78, 5) is 24.3. The average molecular weight is 607 g/mol. The smallest absolute Gasteiger partial charge is 0.349 e. The molecule has 2 aromatic carbocycles. The molecule has 3 aliphatic rings. The molecule has 5 nitrogen and oxygen atoms in total. The van der Waals surface area contributed by atoms with Gasteiger partial charge in [0, 0.05) is 35.1 Å². The summed E-state index contributed by atoms with van der Waals surface area (Å²) in [5.41, 5.74) is 2.23. The third kappa shape index (κ3) is 6.96. The molecule has 2 saturated heterocycles. The van der Waals surface area contributed by atoms with Crippen LogP contribution in [0.5, 0.6) is 0 Å². The zero-order valence-electron chi connectivity index (χ0n) is 25.8. The number of benzene rings is 2. The van der Waals surface area contributed by atoms with Gasteiger partial charge in [0.15, 0.2) is 0 Å². The van der Waals surface area contributed by atoms with Crippen molar-refractivity contribution in [2.24, 2.45) is 5.92 Å². The van der Waals surface area contributed by atoms with Gasteiger partial charge in [-0.25, -0.2) is 4.98 Å². The van der Waals surface area contributed by atoms with Crippen LogP contribution < -0.4 is 5.32 Å². The van der Waals surface area contributed by atoms with E-state index in [1.807, 2.05) is 37.3 Å². The number of hydrogen-bond donors (Lipinski definition) is 1. The van der Waals surface area contributed by atoms with Crippen LogP contribution in [0.1, 0.15) is 92.6 Å². The van der Waals surface area contributed by atoms with E-state index in [1.54, 1.807) is 0 Å². The van der Waals surface area contributed by atoms with Gasteiger partial charge in [0.25, 0.3) is 5.91 Å². The molecule has 3 aromatic rings. The van der Waals surface area contributed by atoms with Gasteiger partial charge in [0.2, 0.25) is 0 Å². The number of pyridine rings is 1. The van der Waals surface area contributed by atoms with E-state index >= 15 is 0 Å². The standard InChI is InChI=1S/C36H45F3N4O/c1-25(26-11-5-2-6-12-26)40-35(44)33-30-23-28(36(37,38)39)15-16-32(30)41-34(27-13-7-3-8-14-27)31(33)24-42-21-17-29(18-22-42)43-19-9-4-10-20-43/h3,7-8,13-16,23,25-26,29H,2,4-6,9-12,17-22,24H2,1H3,(H,40,44)/t25-/m1/s1. The summed E-state index contributed by atoms with van der Waals surface area (Å²) in [6.45, 7) is 6.62. The fourth-order valence-electron chi connectivity index (χ4n) is 7.71. The summed E-state index contributed by atoms with van der Waals surface area (Å²) in [6.07, 6.45) is 7.06. The minimum absolute atomic E-state index is 0.0647. The number of carbonyl (C=O) groups excluding carboxylic acids is 1. The van der Waals surface area contributed by atoms with E-state index in [4.69, 9.17) is 4.98 Å². The van der Waals surface area contributed by atoms with E-state index in [-0.39, 0.29) is 17.3 Å². The van der Waals surface area contributed by atoms with E-state index in [1.165, 1.54) is 44.8 Å². The van der Waals surface area contributed by atoms with Crippen molar-refractivity contribution >= 4 is 16.8 Å². The first-order chi connectivity index (χ1) is 21.3. The van der Waals surface area contributed by atoms with Crippen molar-refractivity contribution in [3.63, 3.8) is 0 Å². The fraction of sp³-hybridized carbons (Fsp3) is 0.556. The van der Waals surface area contributed by atoms with Crippen molar-refractivity contribution in [1.29, 1.82) is 0 Å². The van der Waals surface area contributed by atoms with E-state index in [0.29, 0.717) is 40.8 Å². The molecule has 6 rings (SSSR count). The maximum atomic E-state index is 14.3. The number of halogens is 3. The second kappa shape index (κ2) is 13.6. The summed E-state index contributed by atoms with van der Waals surface area (Å²) in [7, 11) is 0. The van der Waals surface area contributed by atoms with E-state index in [9.17, 15) is 18.0 Å². The highest BCUT2D eigenvalue weighted by atomic mass is 19.4. The molecular weight excluding hydrogens is 561 g/mol. The molecule has 0 unspecified atom stereocenters. The highest BCUT2D eigenvalue weighted by Gasteiger charge is 2.33. The van der Waals surface area contributed by atoms with Crippen LogP contribution in [0.4, 0.5) is 13.2 Å². The Kier molecular flexibility index (Phi) is 9.57. The number of amides is 1. The largest absolute Gasteiger partial charge is 0.416 e. The lowest BCUT2D eigenvalue weighted by atomic mass is 9.84. The van der Waals surface area contributed by atoms with Gasteiger partial charge < -0.3 is 10.2 Å². The van der Waals surface area contributed by atoms with Crippen LogP contribution in [0, 0.1) is 5.92 Å². The number of fused-ring (bicyclic) bond motifs is 1. The van der Waals surface area contributed by atoms with Gasteiger partial charge in [-0.15, -0.1) is 0 Å². The number of hydrogen-bond acceptors (Lipinski definition) is 4. The van der Waals surface area contributed by atoms with Gasteiger partial charge in [-0.3, -0.25) is 9.69 Å². The molecule has 1 aliphatic carbocycles. The molecule has 3 fully saturated rings. The predicted molar refractivity (Wildman–Crippen MR) is 169 cm³/mol. The zero-order valence-corrected chi connectivity index (χ0v) is 25.8. The molecule has 0 spiro atoms. The number of likely N-dealkylation sites (tertiary alicyclic amines) is 2. The van der Waals surface area contributed by atoms with Crippen LogP contribution in [0.2, 0.25) is 0 Å². The van der Waals surface area contributed by atoms with Crippen LogP contribution in [0.3, 0.4) is 0 Å². The zero-order chi connectivity index (χ0) is 30.7. The van der Waals surface area contributed by atoms with Gasteiger partial charge in [0.1, 0.15) is 0 Å². The monoisotopic (exact) mass is 606 g/mol. The van der Waals surface area contributed by atoms with Gasteiger partial charge in [0.05, 0.1) is 22.3 Å². The lowest BCUT2D eigenvalue weighted by Crippen LogP contribution is -2.46. The first kappa shape index (κ1) is 31.0. The van der Waals surface area contributed by atoms with Crippen LogP contribution in [0.25, 0.3) is 22.2 Å². The second-order valence-electron chi connectivity index (χ2n) is 13.2. The number of rotatable bonds is 7. The summed E-state index contributed by atoms with van der Waals surface area (Å²) in [6, 6.07) is 13.9. The highest BCUT2D eigenvalue weighted by molar-refractivity contribution is 6.09. The molecule has 1 atom stereocenters. The van der Waals surface area contributed by atoms with Crippen molar-refractivity contribution in [2.45, 2.75) is 95.9 Å². The van der Waals surface area contributed by atoms with Gasteiger partial charge in [-0.2, -0.15) is 13.2 Å². The van der Waals surface area contributed by atoms with Crippen LogP contribution >= 0.6 is 0 Å². The number of alkyl halides is 3. The average Bonchev–Trinajstić information content (AvgIpc) is 3.05. The molecule has 3 heterocycles. The Bertz CT molecular complexity index is 1420. The Morgan fingerprint density at radius 1 is 0.909 bits per heavy atom. The maximum absolute atomic E-state index is 14.3. The Morgan fingerprint density at radius 3 is 2.27 bits per heavy atom. The molecule has 0 bridgehead atoms. The molecule has 1 amide bonds. The van der Waals surface area contributed by atoms with Crippen molar-refractivity contribution in [3.8, 4) is 11.3 Å². The molecule has 1 saturated carbocycles. The van der Waals surface area contributed by atoms with Gasteiger partial charge in [-0.1, -0.05) is 56.0 Å². The lowest BCUT2D eigenvalue weighted by Gasteiger charge is -2.40. The minimum atomic E-state index is -4.52. The molecule has 236 valence electrons. The number of nitrogens with zero attached hydrogens (tertiary/aromatic N) is 3. The first-order valence-corrected chi connectivity index (χ1v) is 16.6. The van der Waals surface area contributed by atoms with Crippen molar-refractivity contribution in [2.75, 3.05) is 26.2 Å².